The number of ketones is 1. The number of aromatic nitrogens is 1. The van der Waals surface area contributed by atoms with Crippen molar-refractivity contribution < 1.29 is 26.8 Å². The molecule has 0 aliphatic rings. The Morgan fingerprint density at radius 3 is 2.30 bits per heavy atom. The first kappa shape index (κ1) is 29.6. The molecule has 3 aromatic carbocycles. The minimum absolute atomic E-state index is 0.0394. The lowest BCUT2D eigenvalue weighted by molar-refractivity contribution is 0.0940. The molecular weight excluding hydrogens is 626 g/mol. The molecule has 1 N–H and O–H groups in total. The molecule has 1 aromatic heterocycles. The fraction of sp³-hybridized carbons (Fsp3) is 0.172. The Hall–Kier alpha value is -3.34. The van der Waals surface area contributed by atoms with E-state index in [4.69, 9.17) is 11.6 Å². The van der Waals surface area contributed by atoms with Crippen LogP contribution in [0.1, 0.15) is 43.6 Å². The third kappa shape index (κ3) is 6.35. The Morgan fingerprint density at radius 2 is 1.68 bits per heavy atom. The quantitative estimate of drug-likeness (QED) is 0.223. The summed E-state index contributed by atoms with van der Waals surface area (Å²) in [4.78, 5) is 27.5. The molecule has 1 amide bonds. The molecule has 40 heavy (non-hydrogen) atoms. The zero-order valence-corrected chi connectivity index (χ0v) is 24.8. The van der Waals surface area contributed by atoms with E-state index in [1.807, 2.05) is 0 Å². The van der Waals surface area contributed by atoms with Gasteiger partial charge in [-0.1, -0.05) is 39.7 Å². The van der Waals surface area contributed by atoms with Gasteiger partial charge < -0.3 is 9.88 Å². The fourth-order valence-electron chi connectivity index (χ4n) is 4.51. The second kappa shape index (κ2) is 11.6. The number of amides is 1. The van der Waals surface area contributed by atoms with Gasteiger partial charge in [0.15, 0.2) is 0 Å². The van der Waals surface area contributed by atoms with Crippen molar-refractivity contribution in [1.82, 2.24) is 9.88 Å². The van der Waals surface area contributed by atoms with E-state index in [1.165, 1.54) is 30.8 Å². The van der Waals surface area contributed by atoms with E-state index in [-0.39, 0.29) is 33.5 Å². The summed E-state index contributed by atoms with van der Waals surface area (Å²) >= 11 is 9.43. The number of halogens is 4. The molecule has 0 saturated heterocycles. The van der Waals surface area contributed by atoms with Gasteiger partial charge in [0.05, 0.1) is 23.1 Å². The van der Waals surface area contributed by atoms with Crippen molar-refractivity contribution in [2.75, 3.05) is 12.0 Å². The van der Waals surface area contributed by atoms with Crippen LogP contribution in [0.2, 0.25) is 5.02 Å². The van der Waals surface area contributed by atoms with Crippen LogP contribution in [0.25, 0.3) is 11.1 Å². The second-order valence-electron chi connectivity index (χ2n) is 9.42. The van der Waals surface area contributed by atoms with E-state index in [0.29, 0.717) is 10.6 Å². The molecule has 1 heterocycles. The maximum Gasteiger partial charge on any atom is 0.253 e. The summed E-state index contributed by atoms with van der Waals surface area (Å²) in [6.07, 6.45) is 2.38. The van der Waals surface area contributed by atoms with Crippen LogP contribution in [-0.4, -0.2) is 36.7 Å². The van der Waals surface area contributed by atoms with E-state index < -0.39 is 45.0 Å². The molecule has 0 unspecified atom stereocenters. The molecule has 0 radical (unpaired) electrons. The molecule has 0 spiro atoms. The van der Waals surface area contributed by atoms with Crippen molar-refractivity contribution in [2.24, 2.45) is 7.05 Å². The molecule has 6 nitrogen and oxygen atoms in total. The van der Waals surface area contributed by atoms with Gasteiger partial charge in [-0.25, -0.2) is 17.2 Å². The SMILES string of the molecule is Cc1c(F)ccc(F)c1-c1c(C(=O)N[C@@H](CS(C)(=O)=O)c2cccc(Cl)c2)cn(C)c1C(=O)c1ccc(Br)cc1. The molecule has 11 heteroatoms. The number of rotatable bonds is 8. The maximum atomic E-state index is 15.3. The normalized spacial score (nSPS) is 12.3. The summed E-state index contributed by atoms with van der Waals surface area (Å²) in [6.45, 7) is 1.36. The molecule has 208 valence electrons. The first-order valence-electron chi connectivity index (χ1n) is 12.0. The van der Waals surface area contributed by atoms with Crippen LogP contribution >= 0.6 is 27.5 Å². The zero-order chi connectivity index (χ0) is 29.4. The van der Waals surface area contributed by atoms with Gasteiger partial charge in [0.2, 0.25) is 5.78 Å². The standard InChI is InChI=1S/C29H24BrClF2N2O4S/c1-16-22(32)11-12-23(33)25(16)26-21(14-35(2)27(26)28(36)17-7-9-19(30)10-8-17)29(37)34-24(15-40(3,38)39)18-5-4-6-20(31)13-18/h4-14,24H,15H2,1-3H3,(H,34,37)/t24-/m0/s1. The van der Waals surface area contributed by atoms with Crippen molar-refractivity contribution in [3.8, 4) is 11.1 Å². The molecule has 0 fully saturated rings. The fourth-order valence-corrected chi connectivity index (χ4v) is 5.85. The lowest BCUT2D eigenvalue weighted by Gasteiger charge is -2.19. The number of sulfone groups is 1. The molecule has 0 saturated carbocycles. The van der Waals surface area contributed by atoms with Crippen LogP contribution in [0, 0.1) is 18.6 Å². The van der Waals surface area contributed by atoms with Gasteiger partial charge in [-0.15, -0.1) is 0 Å². The number of carbonyl (C=O) groups is 2. The van der Waals surface area contributed by atoms with Crippen LogP contribution in [0.15, 0.2) is 71.3 Å². The summed E-state index contributed by atoms with van der Waals surface area (Å²) in [5.41, 5.74) is 0.0930. The van der Waals surface area contributed by atoms with Gasteiger partial charge in [0.1, 0.15) is 21.5 Å². The molecular formula is C29H24BrClF2N2O4S. The summed E-state index contributed by atoms with van der Waals surface area (Å²) < 4.78 is 56.6. The highest BCUT2D eigenvalue weighted by molar-refractivity contribution is 9.10. The highest BCUT2D eigenvalue weighted by Crippen LogP contribution is 2.36. The van der Waals surface area contributed by atoms with E-state index in [0.717, 1.165) is 22.9 Å². The predicted octanol–water partition coefficient (Wildman–Crippen LogP) is 6.44. The van der Waals surface area contributed by atoms with Gasteiger partial charge in [-0.2, -0.15) is 0 Å². The number of hydrogen-bond donors (Lipinski definition) is 1. The highest BCUT2D eigenvalue weighted by Gasteiger charge is 2.31. The minimum Gasteiger partial charge on any atom is -0.347 e. The highest BCUT2D eigenvalue weighted by atomic mass is 79.9. The molecule has 1 atom stereocenters. The number of hydrogen-bond acceptors (Lipinski definition) is 4. The number of nitrogens with one attached hydrogen (secondary N) is 1. The van der Waals surface area contributed by atoms with Crippen LogP contribution in [-0.2, 0) is 16.9 Å². The third-order valence-corrected chi connectivity index (χ3v) is 8.07. The largest absolute Gasteiger partial charge is 0.347 e. The van der Waals surface area contributed by atoms with Crippen molar-refractivity contribution in [1.29, 1.82) is 0 Å². The van der Waals surface area contributed by atoms with Crippen LogP contribution in [0.4, 0.5) is 8.78 Å². The lowest BCUT2D eigenvalue weighted by atomic mass is 9.93. The van der Waals surface area contributed by atoms with E-state index in [9.17, 15) is 22.4 Å². The Balaban J connectivity index is 1.91. The number of carbonyl (C=O) groups excluding carboxylic acids is 2. The average molecular weight is 650 g/mol. The van der Waals surface area contributed by atoms with Gasteiger partial charge in [-0.05, 0) is 66.6 Å². The smallest absolute Gasteiger partial charge is 0.253 e. The number of aryl methyl sites for hydroxylation is 1. The Morgan fingerprint density at radius 1 is 1.02 bits per heavy atom. The minimum atomic E-state index is -3.58. The van der Waals surface area contributed by atoms with Crippen LogP contribution in [0.5, 0.6) is 0 Å². The van der Waals surface area contributed by atoms with Crippen LogP contribution in [0.3, 0.4) is 0 Å². The first-order chi connectivity index (χ1) is 18.8. The summed E-state index contributed by atoms with van der Waals surface area (Å²) in [7, 11) is -2.06. The maximum absolute atomic E-state index is 15.3. The molecule has 4 aromatic rings. The van der Waals surface area contributed by atoms with Crippen molar-refractivity contribution in [3.05, 3.63) is 116 Å². The van der Waals surface area contributed by atoms with Crippen molar-refractivity contribution in [3.63, 3.8) is 0 Å². The molecule has 4 rings (SSSR count). The monoisotopic (exact) mass is 648 g/mol. The first-order valence-corrected chi connectivity index (χ1v) is 15.2. The van der Waals surface area contributed by atoms with Crippen molar-refractivity contribution in [2.45, 2.75) is 13.0 Å². The van der Waals surface area contributed by atoms with Crippen molar-refractivity contribution >= 4 is 49.1 Å². The summed E-state index contributed by atoms with van der Waals surface area (Å²) in [5, 5.41) is 3.04. The average Bonchev–Trinajstić information content (AvgIpc) is 3.22. The zero-order valence-electron chi connectivity index (χ0n) is 21.6. The second-order valence-corrected chi connectivity index (χ2v) is 13.0. The summed E-state index contributed by atoms with van der Waals surface area (Å²) in [5.74, 6) is -3.29. The van der Waals surface area contributed by atoms with Crippen LogP contribution < -0.4 is 5.32 Å². The van der Waals surface area contributed by atoms with Gasteiger partial charge in [0, 0.05) is 45.7 Å². The van der Waals surface area contributed by atoms with Gasteiger partial charge in [0.25, 0.3) is 5.91 Å². The third-order valence-electron chi connectivity index (χ3n) is 6.37. The number of benzene rings is 3. The Kier molecular flexibility index (Phi) is 8.63. The topological polar surface area (TPSA) is 85.2 Å². The van der Waals surface area contributed by atoms with E-state index in [1.54, 1.807) is 42.5 Å². The summed E-state index contributed by atoms with van der Waals surface area (Å²) in [6, 6.07) is 13.7. The molecule has 0 bridgehead atoms. The molecule has 0 aliphatic carbocycles. The van der Waals surface area contributed by atoms with Gasteiger partial charge >= 0.3 is 0 Å². The predicted molar refractivity (Wildman–Crippen MR) is 154 cm³/mol. The lowest BCUT2D eigenvalue weighted by Crippen LogP contribution is -2.33. The van der Waals surface area contributed by atoms with Gasteiger partial charge in [-0.3, -0.25) is 9.59 Å². The Labute approximate surface area is 244 Å². The molecule has 0 aliphatic heterocycles. The number of nitrogens with zero attached hydrogens (tertiary/aromatic N) is 1. The van der Waals surface area contributed by atoms with E-state index >= 15 is 4.39 Å². The Bertz CT molecular complexity index is 1740. The van der Waals surface area contributed by atoms with E-state index in [2.05, 4.69) is 21.2 Å².